The average molecular weight is 150 g/mol. The number of allylic oxidation sites excluding steroid dienone is 3. The lowest BCUT2D eigenvalue weighted by atomic mass is 10.1. The number of aliphatic hydroxyl groups is 1. The maximum Gasteiger partial charge on any atom is 0.141 e. The van der Waals surface area contributed by atoms with Crippen LogP contribution in [0.2, 0.25) is 0 Å². The lowest BCUT2D eigenvalue weighted by molar-refractivity contribution is 0.174. The van der Waals surface area contributed by atoms with Crippen LogP contribution in [0.3, 0.4) is 0 Å². The molecule has 0 saturated heterocycles. The summed E-state index contributed by atoms with van der Waals surface area (Å²) in [4.78, 5) is 0. The first-order valence-electron chi connectivity index (χ1n) is 3.51. The van der Waals surface area contributed by atoms with Gasteiger partial charge in [0.05, 0.1) is 0 Å². The molecule has 0 heterocycles. The largest absolute Gasteiger partial charge is 0.374 e. The van der Waals surface area contributed by atoms with Gasteiger partial charge < -0.3 is 5.11 Å². The second-order valence-corrected chi connectivity index (χ2v) is 2.89. The SMILES string of the molecule is C#CC(C)(O)/C=C/C=C(C)C. The molecule has 0 aromatic heterocycles. The monoisotopic (exact) mass is 150 g/mol. The fourth-order valence-electron chi connectivity index (χ4n) is 0.476. The Morgan fingerprint density at radius 2 is 2.09 bits per heavy atom. The van der Waals surface area contributed by atoms with Crippen molar-refractivity contribution in [1.29, 1.82) is 0 Å². The molecule has 0 aromatic carbocycles. The van der Waals surface area contributed by atoms with E-state index in [1.807, 2.05) is 19.9 Å². The molecule has 1 N–H and O–H groups in total. The van der Waals surface area contributed by atoms with Gasteiger partial charge in [-0.2, -0.15) is 0 Å². The maximum absolute atomic E-state index is 9.28. The van der Waals surface area contributed by atoms with Crippen LogP contribution >= 0.6 is 0 Å². The number of hydrogen-bond donors (Lipinski definition) is 1. The minimum absolute atomic E-state index is 1.12. The summed E-state index contributed by atoms with van der Waals surface area (Å²) in [5, 5.41) is 9.28. The van der Waals surface area contributed by atoms with E-state index in [2.05, 4.69) is 5.92 Å². The van der Waals surface area contributed by atoms with Crippen molar-refractivity contribution >= 4 is 0 Å². The fourth-order valence-corrected chi connectivity index (χ4v) is 0.476. The summed E-state index contributed by atoms with van der Waals surface area (Å²) in [5.41, 5.74) is 0.0560. The van der Waals surface area contributed by atoms with E-state index < -0.39 is 5.60 Å². The predicted octanol–water partition coefficient (Wildman–Crippen LogP) is 1.89. The second-order valence-electron chi connectivity index (χ2n) is 2.89. The number of hydrogen-bond acceptors (Lipinski definition) is 1. The van der Waals surface area contributed by atoms with Crippen molar-refractivity contribution in [2.24, 2.45) is 0 Å². The van der Waals surface area contributed by atoms with Crippen molar-refractivity contribution in [3.8, 4) is 12.3 Å². The van der Waals surface area contributed by atoms with E-state index in [-0.39, 0.29) is 0 Å². The van der Waals surface area contributed by atoms with Gasteiger partial charge in [0, 0.05) is 0 Å². The fraction of sp³-hybridized carbons (Fsp3) is 0.400. The third kappa shape index (κ3) is 5.44. The molecule has 11 heavy (non-hydrogen) atoms. The summed E-state index contributed by atoms with van der Waals surface area (Å²) in [5.74, 6) is 2.25. The Kier molecular flexibility index (Phi) is 3.64. The molecule has 1 atom stereocenters. The topological polar surface area (TPSA) is 20.2 Å². The highest BCUT2D eigenvalue weighted by atomic mass is 16.3. The van der Waals surface area contributed by atoms with E-state index in [0.717, 1.165) is 0 Å². The zero-order valence-electron chi connectivity index (χ0n) is 7.26. The van der Waals surface area contributed by atoms with Crippen LogP contribution in [-0.4, -0.2) is 10.7 Å². The Morgan fingerprint density at radius 1 is 1.55 bits per heavy atom. The first kappa shape index (κ1) is 10.0. The summed E-state index contributed by atoms with van der Waals surface area (Å²) in [6, 6.07) is 0. The molecule has 0 aliphatic carbocycles. The summed E-state index contributed by atoms with van der Waals surface area (Å²) < 4.78 is 0. The van der Waals surface area contributed by atoms with Gasteiger partial charge in [0.15, 0.2) is 0 Å². The van der Waals surface area contributed by atoms with Gasteiger partial charge in [-0.05, 0) is 26.8 Å². The Bertz CT molecular complexity index is 210. The van der Waals surface area contributed by atoms with Gasteiger partial charge in [0.25, 0.3) is 0 Å². The molecule has 0 aromatic rings. The molecule has 1 heteroatoms. The van der Waals surface area contributed by atoms with Crippen molar-refractivity contribution in [3.05, 3.63) is 23.8 Å². The Balaban J connectivity index is 4.17. The molecule has 0 amide bonds. The van der Waals surface area contributed by atoms with Gasteiger partial charge in [0.1, 0.15) is 5.60 Å². The normalized spacial score (nSPS) is 15.5. The van der Waals surface area contributed by atoms with Crippen molar-refractivity contribution < 1.29 is 5.11 Å². The third-order valence-corrected chi connectivity index (χ3v) is 1.14. The summed E-state index contributed by atoms with van der Waals surface area (Å²) >= 11 is 0. The van der Waals surface area contributed by atoms with E-state index in [1.54, 1.807) is 19.1 Å². The van der Waals surface area contributed by atoms with E-state index in [0.29, 0.717) is 0 Å². The van der Waals surface area contributed by atoms with Gasteiger partial charge >= 0.3 is 0 Å². The lowest BCUT2D eigenvalue weighted by Gasteiger charge is -2.08. The first-order chi connectivity index (χ1) is 4.98. The van der Waals surface area contributed by atoms with Gasteiger partial charge in [-0.25, -0.2) is 0 Å². The van der Waals surface area contributed by atoms with Gasteiger partial charge in [-0.15, -0.1) is 6.42 Å². The lowest BCUT2D eigenvalue weighted by Crippen LogP contribution is -2.16. The molecule has 0 radical (unpaired) electrons. The molecule has 0 fully saturated rings. The molecule has 0 saturated carbocycles. The highest BCUT2D eigenvalue weighted by Crippen LogP contribution is 2.03. The quantitative estimate of drug-likeness (QED) is 0.471. The summed E-state index contributed by atoms with van der Waals surface area (Å²) in [6.07, 6.45) is 10.3. The smallest absolute Gasteiger partial charge is 0.141 e. The van der Waals surface area contributed by atoms with Crippen molar-refractivity contribution in [3.63, 3.8) is 0 Å². The van der Waals surface area contributed by atoms with Crippen molar-refractivity contribution in [1.82, 2.24) is 0 Å². The third-order valence-electron chi connectivity index (χ3n) is 1.14. The molecule has 60 valence electrons. The Hall–Kier alpha value is -1.00. The second kappa shape index (κ2) is 4.00. The standard InChI is InChI=1S/C10H14O/c1-5-10(4,11)8-6-7-9(2)3/h1,6-8,11H,2-4H3/b8-6+. The van der Waals surface area contributed by atoms with Crippen LogP contribution in [0.15, 0.2) is 23.8 Å². The number of rotatable bonds is 2. The Morgan fingerprint density at radius 3 is 2.45 bits per heavy atom. The molecular formula is C10H14O. The zero-order valence-corrected chi connectivity index (χ0v) is 7.26. The minimum Gasteiger partial charge on any atom is -0.374 e. The van der Waals surface area contributed by atoms with Gasteiger partial charge in [0.2, 0.25) is 0 Å². The van der Waals surface area contributed by atoms with Crippen molar-refractivity contribution in [2.45, 2.75) is 26.4 Å². The Labute approximate surface area is 68.4 Å². The first-order valence-corrected chi connectivity index (χ1v) is 3.51. The van der Waals surface area contributed by atoms with Crippen LogP contribution in [-0.2, 0) is 0 Å². The minimum atomic E-state index is -1.12. The van der Waals surface area contributed by atoms with Crippen molar-refractivity contribution in [2.75, 3.05) is 0 Å². The molecule has 0 spiro atoms. The highest BCUT2D eigenvalue weighted by molar-refractivity contribution is 5.21. The van der Waals surface area contributed by atoms with Crippen LogP contribution in [0.5, 0.6) is 0 Å². The molecule has 0 aliphatic rings. The maximum atomic E-state index is 9.28. The summed E-state index contributed by atoms with van der Waals surface area (Å²) in [7, 11) is 0. The molecule has 1 unspecified atom stereocenters. The van der Waals surface area contributed by atoms with Gasteiger partial charge in [-0.1, -0.05) is 23.6 Å². The van der Waals surface area contributed by atoms with Crippen LogP contribution in [0.4, 0.5) is 0 Å². The van der Waals surface area contributed by atoms with Crippen LogP contribution in [0.25, 0.3) is 0 Å². The van der Waals surface area contributed by atoms with Crippen LogP contribution < -0.4 is 0 Å². The van der Waals surface area contributed by atoms with E-state index in [1.165, 1.54) is 5.57 Å². The van der Waals surface area contributed by atoms with Crippen LogP contribution in [0.1, 0.15) is 20.8 Å². The summed E-state index contributed by atoms with van der Waals surface area (Å²) in [6.45, 7) is 5.53. The van der Waals surface area contributed by atoms with E-state index in [9.17, 15) is 5.11 Å². The molecule has 1 nitrogen and oxygen atoms in total. The molecular weight excluding hydrogens is 136 g/mol. The predicted molar refractivity (Wildman–Crippen MR) is 48.0 cm³/mol. The van der Waals surface area contributed by atoms with E-state index in [4.69, 9.17) is 6.42 Å². The number of terminal acetylenes is 1. The van der Waals surface area contributed by atoms with E-state index >= 15 is 0 Å². The highest BCUT2D eigenvalue weighted by Gasteiger charge is 2.08. The average Bonchev–Trinajstić information content (AvgIpc) is 1.87. The zero-order chi connectivity index (χ0) is 8.91. The molecule has 0 aliphatic heterocycles. The molecule has 0 rings (SSSR count). The van der Waals surface area contributed by atoms with Crippen LogP contribution in [0, 0.1) is 12.3 Å². The molecule has 0 bridgehead atoms. The van der Waals surface area contributed by atoms with Gasteiger partial charge in [-0.3, -0.25) is 0 Å².